The Morgan fingerprint density at radius 3 is 2.77 bits per heavy atom. The topological polar surface area (TPSA) is 94.1 Å². The van der Waals surface area contributed by atoms with Gasteiger partial charge in [-0.1, -0.05) is 23.7 Å². The fourth-order valence-electron chi connectivity index (χ4n) is 2.41. The third kappa shape index (κ3) is 3.57. The number of ether oxygens (including phenoxy) is 3. The van der Waals surface area contributed by atoms with Crippen LogP contribution >= 0.6 is 11.6 Å². The van der Waals surface area contributed by atoms with E-state index in [9.17, 15) is 9.59 Å². The van der Waals surface area contributed by atoms with Gasteiger partial charge in [0.2, 0.25) is 12.5 Å². The monoisotopic (exact) mass is 375 g/mol. The van der Waals surface area contributed by atoms with Crippen molar-refractivity contribution < 1.29 is 28.9 Å². The Kier molecular flexibility index (Phi) is 4.99. The molecule has 0 saturated heterocycles. The number of para-hydroxylation sites is 1. The fourth-order valence-corrected chi connectivity index (χ4v) is 2.58. The van der Waals surface area contributed by atoms with E-state index in [0.29, 0.717) is 22.8 Å². The zero-order chi connectivity index (χ0) is 18.7. The lowest BCUT2D eigenvalue weighted by atomic mass is 10.1. The Hall–Kier alpha value is -3.19. The van der Waals surface area contributed by atoms with E-state index in [1.54, 1.807) is 24.3 Å². The maximum absolute atomic E-state index is 12.3. The van der Waals surface area contributed by atoms with Crippen molar-refractivity contribution in [2.75, 3.05) is 19.2 Å². The summed E-state index contributed by atoms with van der Waals surface area (Å²) in [4.78, 5) is 23.5. The number of benzene rings is 2. The van der Waals surface area contributed by atoms with Crippen molar-refractivity contribution in [1.29, 1.82) is 0 Å². The first kappa shape index (κ1) is 17.6. The minimum Gasteiger partial charge on any atom is -0.493 e. The molecule has 1 aliphatic rings. The average Bonchev–Trinajstić information content (AvgIpc) is 3.09. The SMILES string of the molecule is COc1cc(/C=C(\Cl)C(=O)Nc2ccccc2C(=O)O)cc2c1OCO2. The summed E-state index contributed by atoms with van der Waals surface area (Å²) in [6, 6.07) is 9.35. The number of carboxylic acid groups (broad SMARTS) is 1. The molecule has 1 heterocycles. The lowest BCUT2D eigenvalue weighted by Gasteiger charge is -2.08. The number of carboxylic acids is 1. The summed E-state index contributed by atoms with van der Waals surface area (Å²) in [6.07, 6.45) is 1.42. The third-order valence-electron chi connectivity index (χ3n) is 3.60. The number of anilines is 1. The number of aromatic carboxylic acids is 1. The number of methoxy groups -OCH3 is 1. The molecule has 8 heteroatoms. The summed E-state index contributed by atoms with van der Waals surface area (Å²) in [5, 5.41) is 11.5. The van der Waals surface area contributed by atoms with Crippen molar-refractivity contribution in [3.63, 3.8) is 0 Å². The van der Waals surface area contributed by atoms with Crippen LogP contribution in [0.25, 0.3) is 6.08 Å². The number of fused-ring (bicyclic) bond motifs is 1. The van der Waals surface area contributed by atoms with Gasteiger partial charge in [-0.3, -0.25) is 4.79 Å². The summed E-state index contributed by atoms with van der Waals surface area (Å²) < 4.78 is 15.9. The van der Waals surface area contributed by atoms with E-state index >= 15 is 0 Å². The van der Waals surface area contributed by atoms with Gasteiger partial charge in [-0.2, -0.15) is 0 Å². The highest BCUT2D eigenvalue weighted by Crippen LogP contribution is 2.42. The van der Waals surface area contributed by atoms with Gasteiger partial charge in [0.25, 0.3) is 5.91 Å². The maximum Gasteiger partial charge on any atom is 0.337 e. The largest absolute Gasteiger partial charge is 0.493 e. The molecule has 0 bridgehead atoms. The van der Waals surface area contributed by atoms with Crippen molar-refractivity contribution in [3.8, 4) is 17.2 Å². The number of hydrogen-bond acceptors (Lipinski definition) is 5. The van der Waals surface area contributed by atoms with E-state index < -0.39 is 11.9 Å². The fraction of sp³-hybridized carbons (Fsp3) is 0.111. The van der Waals surface area contributed by atoms with Crippen LogP contribution in [0, 0.1) is 0 Å². The standard InChI is InChI=1S/C18H14ClNO6/c1-24-14-7-10(8-15-16(14)26-9-25-15)6-12(19)17(21)20-13-5-3-2-4-11(13)18(22)23/h2-8H,9H2,1H3,(H,20,21)(H,22,23)/b12-6-. The summed E-state index contributed by atoms with van der Waals surface area (Å²) >= 11 is 6.08. The molecule has 0 aromatic heterocycles. The molecule has 2 aromatic rings. The second kappa shape index (κ2) is 7.37. The summed E-state index contributed by atoms with van der Waals surface area (Å²) in [5.74, 6) is -0.372. The molecule has 0 spiro atoms. The number of hydrogen-bond donors (Lipinski definition) is 2. The molecule has 0 saturated carbocycles. The number of nitrogens with one attached hydrogen (secondary N) is 1. The second-order valence-corrected chi connectivity index (χ2v) is 5.66. The van der Waals surface area contributed by atoms with Gasteiger partial charge in [0.15, 0.2) is 11.5 Å². The van der Waals surface area contributed by atoms with Crippen molar-refractivity contribution in [2.24, 2.45) is 0 Å². The smallest absolute Gasteiger partial charge is 0.337 e. The molecule has 2 aromatic carbocycles. The number of amides is 1. The molecule has 3 rings (SSSR count). The molecular formula is C18H14ClNO6. The first-order valence-corrected chi connectivity index (χ1v) is 7.86. The summed E-state index contributed by atoms with van der Waals surface area (Å²) in [5.41, 5.74) is 0.688. The molecule has 26 heavy (non-hydrogen) atoms. The lowest BCUT2D eigenvalue weighted by Crippen LogP contribution is -2.14. The Morgan fingerprint density at radius 2 is 2.04 bits per heavy atom. The Balaban J connectivity index is 1.84. The number of carbonyl (C=O) groups is 2. The third-order valence-corrected chi connectivity index (χ3v) is 3.88. The van der Waals surface area contributed by atoms with E-state index in [-0.39, 0.29) is 23.1 Å². The van der Waals surface area contributed by atoms with Crippen LogP contribution in [-0.4, -0.2) is 30.9 Å². The lowest BCUT2D eigenvalue weighted by molar-refractivity contribution is -0.112. The minimum atomic E-state index is -1.15. The highest BCUT2D eigenvalue weighted by molar-refractivity contribution is 6.45. The van der Waals surface area contributed by atoms with Gasteiger partial charge in [0, 0.05) is 0 Å². The van der Waals surface area contributed by atoms with E-state index in [2.05, 4.69) is 5.32 Å². The zero-order valence-electron chi connectivity index (χ0n) is 13.6. The first-order chi connectivity index (χ1) is 12.5. The van der Waals surface area contributed by atoms with Crippen LogP contribution in [-0.2, 0) is 4.79 Å². The van der Waals surface area contributed by atoms with Crippen LogP contribution < -0.4 is 19.5 Å². The van der Waals surface area contributed by atoms with Gasteiger partial charge in [-0.25, -0.2) is 4.79 Å². The van der Waals surface area contributed by atoms with Crippen molar-refractivity contribution in [3.05, 3.63) is 52.6 Å². The van der Waals surface area contributed by atoms with Crippen LogP contribution in [0.3, 0.4) is 0 Å². The Bertz CT molecular complexity index is 909. The maximum atomic E-state index is 12.3. The quantitative estimate of drug-likeness (QED) is 0.778. The van der Waals surface area contributed by atoms with Gasteiger partial charge < -0.3 is 24.6 Å². The Morgan fingerprint density at radius 1 is 1.27 bits per heavy atom. The molecule has 134 valence electrons. The van der Waals surface area contributed by atoms with E-state index in [1.807, 2.05) is 0 Å². The first-order valence-electron chi connectivity index (χ1n) is 7.48. The van der Waals surface area contributed by atoms with E-state index in [4.69, 9.17) is 30.9 Å². The van der Waals surface area contributed by atoms with Crippen LogP contribution in [0.1, 0.15) is 15.9 Å². The van der Waals surface area contributed by atoms with Crippen LogP contribution in [0.4, 0.5) is 5.69 Å². The van der Waals surface area contributed by atoms with Gasteiger partial charge in [0.05, 0.1) is 18.4 Å². The average molecular weight is 376 g/mol. The summed E-state index contributed by atoms with van der Waals surface area (Å²) in [6.45, 7) is 0.0824. The van der Waals surface area contributed by atoms with Crippen LogP contribution in [0.5, 0.6) is 17.2 Å². The summed E-state index contributed by atoms with van der Waals surface area (Å²) in [7, 11) is 1.49. The predicted octanol–water partition coefficient (Wildman–Crippen LogP) is 3.34. The molecule has 7 nitrogen and oxygen atoms in total. The van der Waals surface area contributed by atoms with Crippen molar-refractivity contribution in [2.45, 2.75) is 0 Å². The van der Waals surface area contributed by atoms with Gasteiger partial charge in [0.1, 0.15) is 5.03 Å². The molecule has 0 atom stereocenters. The second-order valence-electron chi connectivity index (χ2n) is 5.25. The van der Waals surface area contributed by atoms with Crippen LogP contribution in [0.2, 0.25) is 0 Å². The molecule has 0 fully saturated rings. The predicted molar refractivity (Wildman–Crippen MR) is 95.0 cm³/mol. The molecule has 2 N–H and O–H groups in total. The number of carbonyl (C=O) groups excluding carboxylic acids is 1. The van der Waals surface area contributed by atoms with Gasteiger partial charge in [-0.15, -0.1) is 0 Å². The highest BCUT2D eigenvalue weighted by atomic mass is 35.5. The normalized spacial score (nSPS) is 12.6. The number of halogens is 1. The molecule has 0 unspecified atom stereocenters. The zero-order valence-corrected chi connectivity index (χ0v) is 14.4. The molecule has 1 aliphatic heterocycles. The molecule has 0 radical (unpaired) electrons. The van der Waals surface area contributed by atoms with Gasteiger partial charge in [-0.05, 0) is 35.9 Å². The van der Waals surface area contributed by atoms with Crippen molar-refractivity contribution >= 4 is 35.2 Å². The molecule has 0 aliphatic carbocycles. The Labute approximate surface area is 153 Å². The van der Waals surface area contributed by atoms with E-state index in [0.717, 1.165) is 0 Å². The van der Waals surface area contributed by atoms with Crippen molar-refractivity contribution in [1.82, 2.24) is 0 Å². The number of rotatable bonds is 5. The molecule has 1 amide bonds. The van der Waals surface area contributed by atoms with Crippen LogP contribution in [0.15, 0.2) is 41.4 Å². The minimum absolute atomic E-state index is 0.0323. The van der Waals surface area contributed by atoms with Gasteiger partial charge >= 0.3 is 5.97 Å². The highest BCUT2D eigenvalue weighted by Gasteiger charge is 2.20. The van der Waals surface area contributed by atoms with E-state index in [1.165, 1.54) is 25.3 Å². The molecular weight excluding hydrogens is 362 g/mol.